The van der Waals surface area contributed by atoms with Gasteiger partial charge >= 0.3 is 6.03 Å². The van der Waals surface area contributed by atoms with E-state index in [2.05, 4.69) is 10.6 Å². The molecule has 3 amide bonds. The molecule has 2 N–H and O–H groups in total. The highest BCUT2D eigenvalue weighted by atomic mass is 35.5. The van der Waals surface area contributed by atoms with Crippen LogP contribution in [0.15, 0.2) is 71.6 Å². The summed E-state index contributed by atoms with van der Waals surface area (Å²) in [7, 11) is -3.33. The number of nitrogens with zero attached hydrogens (tertiary/aromatic N) is 1. The summed E-state index contributed by atoms with van der Waals surface area (Å²) in [5, 5.41) is 7.04. The number of carbonyl (C=O) groups excluding carboxylic acids is 2. The van der Waals surface area contributed by atoms with Crippen LogP contribution in [0.25, 0.3) is 0 Å². The Morgan fingerprint density at radius 3 is 2.53 bits per heavy atom. The molecule has 3 aromatic rings. The molecule has 2 unspecified atom stereocenters. The summed E-state index contributed by atoms with van der Waals surface area (Å²) in [5.41, 5.74) is 2.09. The van der Waals surface area contributed by atoms with Crippen molar-refractivity contribution in [2.75, 3.05) is 30.0 Å². The third-order valence-electron chi connectivity index (χ3n) is 7.43. The second kappa shape index (κ2) is 10.2. The molecule has 198 valence electrons. The van der Waals surface area contributed by atoms with E-state index in [0.717, 1.165) is 30.2 Å². The Morgan fingerprint density at radius 1 is 1.08 bits per heavy atom. The highest BCUT2D eigenvalue weighted by molar-refractivity contribution is 7.90. The van der Waals surface area contributed by atoms with Gasteiger partial charge in [-0.25, -0.2) is 13.2 Å². The van der Waals surface area contributed by atoms with Gasteiger partial charge in [0.05, 0.1) is 10.3 Å². The van der Waals surface area contributed by atoms with Crippen molar-refractivity contribution in [3.8, 4) is 0 Å². The lowest BCUT2D eigenvalue weighted by atomic mass is 9.65. The monoisotopic (exact) mass is 571 g/mol. The number of piperidine rings is 1. The quantitative estimate of drug-likeness (QED) is 0.406. The Morgan fingerprint density at radius 2 is 1.82 bits per heavy atom. The molecule has 1 saturated heterocycles. The van der Waals surface area contributed by atoms with Gasteiger partial charge in [-0.2, -0.15) is 0 Å². The van der Waals surface area contributed by atoms with Crippen molar-refractivity contribution in [1.82, 2.24) is 4.90 Å². The molecule has 2 aliphatic heterocycles. The van der Waals surface area contributed by atoms with E-state index < -0.39 is 15.3 Å². The third-order valence-corrected chi connectivity index (χ3v) is 9.03. The number of carbonyl (C=O) groups is 2. The molecule has 7 nitrogen and oxygen atoms in total. The molecule has 3 aromatic carbocycles. The van der Waals surface area contributed by atoms with E-state index in [9.17, 15) is 18.0 Å². The van der Waals surface area contributed by atoms with Gasteiger partial charge in [0.1, 0.15) is 0 Å². The number of rotatable bonds is 5. The van der Waals surface area contributed by atoms with Crippen molar-refractivity contribution in [3.05, 3.63) is 87.9 Å². The minimum Gasteiger partial charge on any atom is -0.325 e. The van der Waals surface area contributed by atoms with Crippen LogP contribution in [0.3, 0.4) is 0 Å². The maximum Gasteiger partial charge on any atom is 0.321 e. The summed E-state index contributed by atoms with van der Waals surface area (Å²) in [6.07, 6.45) is 3.07. The molecule has 0 saturated carbocycles. The first kappa shape index (κ1) is 26.5. The van der Waals surface area contributed by atoms with E-state index >= 15 is 0 Å². The second-order valence-electron chi connectivity index (χ2n) is 9.93. The van der Waals surface area contributed by atoms with Crippen LogP contribution >= 0.6 is 23.2 Å². The molecular formula is C28H27Cl2N3O4S. The highest BCUT2D eigenvalue weighted by Gasteiger charge is 2.53. The summed E-state index contributed by atoms with van der Waals surface area (Å²) in [6, 6.07) is 18.7. The normalized spacial score (nSPS) is 21.1. The summed E-state index contributed by atoms with van der Waals surface area (Å²) in [4.78, 5) is 28.9. The maximum atomic E-state index is 13.8. The van der Waals surface area contributed by atoms with Gasteiger partial charge in [-0.3, -0.25) is 4.79 Å². The molecule has 0 radical (unpaired) electrons. The number of nitrogens with one attached hydrogen (secondary N) is 2. The molecule has 2 aliphatic rings. The molecule has 0 aliphatic carbocycles. The van der Waals surface area contributed by atoms with E-state index in [1.807, 2.05) is 24.3 Å². The molecular weight excluding hydrogens is 545 g/mol. The van der Waals surface area contributed by atoms with E-state index in [1.165, 1.54) is 12.1 Å². The van der Waals surface area contributed by atoms with Gasteiger partial charge in [0.15, 0.2) is 9.84 Å². The number of halogens is 2. The van der Waals surface area contributed by atoms with Gasteiger partial charge in [0.25, 0.3) is 0 Å². The molecule has 38 heavy (non-hydrogen) atoms. The van der Waals surface area contributed by atoms with Gasteiger partial charge < -0.3 is 15.5 Å². The summed E-state index contributed by atoms with van der Waals surface area (Å²) >= 11 is 12.5. The summed E-state index contributed by atoms with van der Waals surface area (Å²) in [5.74, 6) is -0.269. The molecule has 10 heteroatoms. The fraction of sp³-hybridized carbons (Fsp3) is 0.286. The lowest BCUT2D eigenvalue weighted by Crippen LogP contribution is -2.52. The van der Waals surface area contributed by atoms with Crippen LogP contribution in [0.4, 0.5) is 16.2 Å². The van der Waals surface area contributed by atoms with Gasteiger partial charge in [-0.1, -0.05) is 41.4 Å². The molecule has 2 atom stereocenters. The number of sulfone groups is 1. The van der Waals surface area contributed by atoms with Crippen LogP contribution in [0.2, 0.25) is 10.0 Å². The Balaban J connectivity index is 1.44. The molecule has 0 aromatic heterocycles. The number of likely N-dealkylation sites (tertiary alicyclic amines) is 1. The van der Waals surface area contributed by atoms with Crippen LogP contribution in [0.1, 0.15) is 24.0 Å². The second-order valence-corrected chi connectivity index (χ2v) is 12.8. The fourth-order valence-corrected chi connectivity index (χ4v) is 6.63. The number of amides is 3. The zero-order chi connectivity index (χ0) is 27.1. The summed E-state index contributed by atoms with van der Waals surface area (Å²) < 4.78 is 23.5. The smallest absolute Gasteiger partial charge is 0.321 e. The molecule has 1 fully saturated rings. The van der Waals surface area contributed by atoms with Crippen LogP contribution < -0.4 is 10.6 Å². The number of benzene rings is 3. The molecule has 0 spiro atoms. The van der Waals surface area contributed by atoms with Crippen LogP contribution in [0.5, 0.6) is 0 Å². The largest absolute Gasteiger partial charge is 0.325 e. The molecule has 2 heterocycles. The third kappa shape index (κ3) is 5.13. The standard InChI is InChI=1S/C28H27Cl2N3O4S/c1-38(36,37)23-10-8-22(9-11-23)31-27(35)33-13-3-5-19(17-33)28(16-18-4-2-6-20(29)14-18)24-12-7-21(30)15-25(24)32-26(28)34/h2,4,6-12,14-15,19H,3,5,13,16-17H2,1H3,(H,31,35)(H,32,34). The number of hydrogen-bond donors (Lipinski definition) is 2. The van der Waals surface area contributed by atoms with E-state index in [0.29, 0.717) is 40.9 Å². The summed E-state index contributed by atoms with van der Waals surface area (Å²) in [6.45, 7) is 0.926. The molecule has 0 bridgehead atoms. The average molecular weight is 573 g/mol. The van der Waals surface area contributed by atoms with Crippen molar-refractivity contribution in [2.45, 2.75) is 29.6 Å². The minimum absolute atomic E-state index is 0.113. The minimum atomic E-state index is -3.33. The topological polar surface area (TPSA) is 95.6 Å². The van der Waals surface area contributed by atoms with Crippen molar-refractivity contribution >= 4 is 56.4 Å². The predicted molar refractivity (Wildman–Crippen MR) is 150 cm³/mol. The van der Waals surface area contributed by atoms with E-state index in [1.54, 1.807) is 35.2 Å². The Bertz CT molecular complexity index is 1510. The Hall–Kier alpha value is -3.07. The van der Waals surface area contributed by atoms with Crippen molar-refractivity contribution in [1.29, 1.82) is 0 Å². The predicted octanol–water partition coefficient (Wildman–Crippen LogP) is 5.77. The lowest BCUT2D eigenvalue weighted by molar-refractivity contribution is -0.123. The number of anilines is 2. The Labute approximate surface area is 232 Å². The maximum absolute atomic E-state index is 13.8. The van der Waals surface area contributed by atoms with E-state index in [4.69, 9.17) is 23.2 Å². The lowest BCUT2D eigenvalue weighted by Gasteiger charge is -2.42. The van der Waals surface area contributed by atoms with Gasteiger partial charge in [-0.15, -0.1) is 0 Å². The first-order chi connectivity index (χ1) is 18.1. The number of urea groups is 1. The SMILES string of the molecule is CS(=O)(=O)c1ccc(NC(=O)N2CCCC(C3(Cc4cccc(Cl)c4)C(=O)Nc4cc(Cl)ccc43)C2)cc1. The first-order valence-electron chi connectivity index (χ1n) is 12.3. The fourth-order valence-electron chi connectivity index (χ4n) is 5.61. The first-order valence-corrected chi connectivity index (χ1v) is 14.9. The van der Waals surface area contributed by atoms with E-state index in [-0.39, 0.29) is 22.8 Å². The Kier molecular flexibility index (Phi) is 7.15. The van der Waals surface area contributed by atoms with Gasteiger partial charge in [-0.05, 0) is 84.8 Å². The van der Waals surface area contributed by atoms with Crippen LogP contribution in [-0.2, 0) is 26.5 Å². The number of fused-ring (bicyclic) bond motifs is 1. The zero-order valence-corrected chi connectivity index (χ0v) is 23.0. The number of hydrogen-bond acceptors (Lipinski definition) is 4. The average Bonchev–Trinajstić information content (AvgIpc) is 3.14. The molecule has 5 rings (SSSR count). The van der Waals surface area contributed by atoms with Crippen LogP contribution in [0, 0.1) is 5.92 Å². The van der Waals surface area contributed by atoms with Gasteiger partial charge in [0.2, 0.25) is 5.91 Å². The van der Waals surface area contributed by atoms with Crippen LogP contribution in [-0.4, -0.2) is 44.6 Å². The highest BCUT2D eigenvalue weighted by Crippen LogP contribution is 2.49. The van der Waals surface area contributed by atoms with Crippen molar-refractivity contribution < 1.29 is 18.0 Å². The van der Waals surface area contributed by atoms with Crippen molar-refractivity contribution in [3.63, 3.8) is 0 Å². The zero-order valence-electron chi connectivity index (χ0n) is 20.7. The van der Waals surface area contributed by atoms with Crippen molar-refractivity contribution in [2.24, 2.45) is 5.92 Å². The van der Waals surface area contributed by atoms with Gasteiger partial charge in [0, 0.05) is 40.8 Å².